The number of halogens is 2. The van der Waals surface area contributed by atoms with Gasteiger partial charge < -0.3 is 4.74 Å². The van der Waals surface area contributed by atoms with E-state index in [4.69, 9.17) is 27.9 Å². The van der Waals surface area contributed by atoms with Gasteiger partial charge in [0, 0.05) is 15.6 Å². The number of methoxy groups -OCH3 is 1. The molecule has 0 heterocycles. The Kier molecular flexibility index (Phi) is 4.56. The molecule has 0 fully saturated rings. The van der Waals surface area contributed by atoms with Gasteiger partial charge in [0.25, 0.3) is 0 Å². The lowest BCUT2D eigenvalue weighted by Crippen LogP contribution is -2.03. The molecular weight excluding hydrogens is 315 g/mol. The lowest BCUT2D eigenvalue weighted by molar-refractivity contribution is 0.309. The third kappa shape index (κ3) is 3.06. The number of allylic oxidation sites excluding steroid dienone is 3. The van der Waals surface area contributed by atoms with E-state index in [-0.39, 0.29) is 0 Å². The molecule has 0 atom stereocenters. The Morgan fingerprint density at radius 1 is 0.909 bits per heavy atom. The van der Waals surface area contributed by atoms with Gasteiger partial charge in [-0.25, -0.2) is 0 Å². The monoisotopic (exact) mass is 329 g/mol. The molecule has 111 valence electrons. The molecule has 1 nitrogen and oxygen atoms in total. The zero-order chi connectivity index (χ0) is 15.5. The van der Waals surface area contributed by atoms with Gasteiger partial charge in [0.15, 0.2) is 0 Å². The van der Waals surface area contributed by atoms with E-state index in [1.807, 2.05) is 42.5 Å². The SMILES string of the molecule is COC1=CC[CH]C(c2cccc(Cl)c2)=C1c1ccc(Cl)cc1. The van der Waals surface area contributed by atoms with Crippen LogP contribution >= 0.6 is 23.2 Å². The van der Waals surface area contributed by atoms with Crippen molar-refractivity contribution in [2.24, 2.45) is 0 Å². The van der Waals surface area contributed by atoms with Crippen molar-refractivity contribution in [1.29, 1.82) is 0 Å². The second kappa shape index (κ2) is 6.60. The van der Waals surface area contributed by atoms with Gasteiger partial charge in [-0.2, -0.15) is 0 Å². The molecule has 0 saturated heterocycles. The van der Waals surface area contributed by atoms with Crippen molar-refractivity contribution in [3.05, 3.63) is 88.0 Å². The van der Waals surface area contributed by atoms with E-state index in [1.54, 1.807) is 7.11 Å². The summed E-state index contributed by atoms with van der Waals surface area (Å²) in [5.41, 5.74) is 4.35. The molecular formula is C19H15Cl2O. The van der Waals surface area contributed by atoms with Gasteiger partial charge in [-0.3, -0.25) is 0 Å². The van der Waals surface area contributed by atoms with Gasteiger partial charge in [-0.05, 0) is 59.9 Å². The van der Waals surface area contributed by atoms with E-state index >= 15 is 0 Å². The lowest BCUT2D eigenvalue weighted by atomic mass is 9.87. The normalized spacial score (nSPS) is 14.8. The Bertz CT molecular complexity index is 742. The summed E-state index contributed by atoms with van der Waals surface area (Å²) in [7, 11) is 1.70. The van der Waals surface area contributed by atoms with Gasteiger partial charge in [-0.1, -0.05) is 47.5 Å². The minimum atomic E-state index is 0.719. The highest BCUT2D eigenvalue weighted by molar-refractivity contribution is 6.31. The lowest BCUT2D eigenvalue weighted by Gasteiger charge is -2.22. The summed E-state index contributed by atoms with van der Waals surface area (Å²) in [5.74, 6) is 0.875. The van der Waals surface area contributed by atoms with Crippen molar-refractivity contribution in [3.8, 4) is 0 Å². The smallest absolute Gasteiger partial charge is 0.123 e. The summed E-state index contributed by atoms with van der Waals surface area (Å²) >= 11 is 12.2. The fourth-order valence-electron chi connectivity index (χ4n) is 2.64. The Balaban J connectivity index is 2.19. The van der Waals surface area contributed by atoms with E-state index in [0.717, 1.165) is 44.5 Å². The summed E-state index contributed by atoms with van der Waals surface area (Å²) in [5, 5.41) is 1.44. The molecule has 2 aromatic carbocycles. The standard InChI is InChI=1S/C19H15Cl2O/c1-22-18-7-3-6-17(14-4-2-5-16(21)12-14)19(18)13-8-10-15(20)11-9-13/h2,4-12H,3H2,1H3. The van der Waals surface area contributed by atoms with Crippen molar-refractivity contribution < 1.29 is 4.74 Å². The zero-order valence-corrected chi connectivity index (χ0v) is 13.7. The molecule has 0 aliphatic heterocycles. The molecule has 0 spiro atoms. The summed E-state index contributed by atoms with van der Waals surface area (Å²) in [6.45, 7) is 0. The summed E-state index contributed by atoms with van der Waals surface area (Å²) in [6, 6.07) is 15.7. The van der Waals surface area contributed by atoms with Crippen LogP contribution in [0.2, 0.25) is 10.0 Å². The third-order valence-electron chi connectivity index (χ3n) is 3.63. The molecule has 2 aromatic rings. The molecule has 1 radical (unpaired) electrons. The zero-order valence-electron chi connectivity index (χ0n) is 12.1. The first-order valence-corrected chi connectivity index (χ1v) is 7.78. The highest BCUT2D eigenvalue weighted by atomic mass is 35.5. The van der Waals surface area contributed by atoms with Crippen molar-refractivity contribution in [2.45, 2.75) is 6.42 Å². The molecule has 1 aliphatic rings. The predicted octanol–water partition coefficient (Wildman–Crippen LogP) is 6.04. The Labute approximate surface area is 140 Å². The van der Waals surface area contributed by atoms with Crippen LogP contribution < -0.4 is 0 Å². The van der Waals surface area contributed by atoms with E-state index in [9.17, 15) is 0 Å². The van der Waals surface area contributed by atoms with Crippen LogP contribution in [0.5, 0.6) is 0 Å². The quantitative estimate of drug-likeness (QED) is 0.666. The van der Waals surface area contributed by atoms with Crippen molar-refractivity contribution in [2.75, 3.05) is 7.11 Å². The van der Waals surface area contributed by atoms with Gasteiger partial charge in [0.05, 0.1) is 7.11 Å². The molecule has 0 unspecified atom stereocenters. The van der Waals surface area contributed by atoms with Gasteiger partial charge >= 0.3 is 0 Å². The number of hydrogen-bond acceptors (Lipinski definition) is 1. The van der Waals surface area contributed by atoms with Crippen LogP contribution in [0.1, 0.15) is 17.5 Å². The molecule has 3 heteroatoms. The first-order valence-electron chi connectivity index (χ1n) is 7.03. The van der Waals surface area contributed by atoms with Crippen molar-refractivity contribution in [1.82, 2.24) is 0 Å². The molecule has 3 rings (SSSR count). The van der Waals surface area contributed by atoms with Gasteiger partial charge in [0.1, 0.15) is 5.76 Å². The maximum atomic E-state index is 6.15. The van der Waals surface area contributed by atoms with Crippen LogP contribution in [0, 0.1) is 6.42 Å². The number of hydrogen-bond donors (Lipinski definition) is 0. The summed E-state index contributed by atoms with van der Waals surface area (Å²) in [6.07, 6.45) is 5.11. The largest absolute Gasteiger partial charge is 0.496 e. The molecule has 1 aliphatic carbocycles. The molecule has 0 amide bonds. The second-order valence-electron chi connectivity index (χ2n) is 5.02. The van der Waals surface area contributed by atoms with Crippen LogP contribution in [-0.2, 0) is 4.74 Å². The summed E-state index contributed by atoms with van der Waals surface area (Å²) in [4.78, 5) is 0. The first kappa shape index (κ1) is 15.2. The van der Waals surface area contributed by atoms with Crippen LogP contribution in [0.25, 0.3) is 11.1 Å². The topological polar surface area (TPSA) is 9.23 Å². The summed E-state index contributed by atoms with van der Waals surface area (Å²) < 4.78 is 5.59. The highest BCUT2D eigenvalue weighted by Crippen LogP contribution is 2.39. The number of benzene rings is 2. The second-order valence-corrected chi connectivity index (χ2v) is 5.89. The molecule has 0 aromatic heterocycles. The van der Waals surface area contributed by atoms with E-state index in [2.05, 4.69) is 18.6 Å². The van der Waals surface area contributed by atoms with E-state index in [0.29, 0.717) is 0 Å². The Morgan fingerprint density at radius 3 is 2.36 bits per heavy atom. The van der Waals surface area contributed by atoms with Crippen LogP contribution in [0.3, 0.4) is 0 Å². The number of ether oxygens (including phenoxy) is 1. The van der Waals surface area contributed by atoms with Crippen LogP contribution in [0.15, 0.2) is 60.4 Å². The minimum absolute atomic E-state index is 0.719. The van der Waals surface area contributed by atoms with Crippen molar-refractivity contribution >= 4 is 34.3 Å². The molecule has 22 heavy (non-hydrogen) atoms. The highest BCUT2D eigenvalue weighted by Gasteiger charge is 2.20. The van der Waals surface area contributed by atoms with Crippen LogP contribution in [0.4, 0.5) is 0 Å². The number of rotatable bonds is 3. The fraction of sp³-hybridized carbons (Fsp3) is 0.105. The minimum Gasteiger partial charge on any atom is -0.496 e. The molecule has 0 N–H and O–H groups in total. The first-order chi connectivity index (χ1) is 10.7. The van der Waals surface area contributed by atoms with Gasteiger partial charge in [0.2, 0.25) is 0 Å². The van der Waals surface area contributed by atoms with Crippen LogP contribution in [-0.4, -0.2) is 7.11 Å². The van der Waals surface area contributed by atoms with E-state index in [1.165, 1.54) is 0 Å². The average Bonchev–Trinajstić information content (AvgIpc) is 2.55. The maximum Gasteiger partial charge on any atom is 0.123 e. The van der Waals surface area contributed by atoms with E-state index < -0.39 is 0 Å². The van der Waals surface area contributed by atoms with Gasteiger partial charge in [-0.15, -0.1) is 0 Å². The molecule has 0 bridgehead atoms. The maximum absolute atomic E-state index is 6.15. The predicted molar refractivity (Wildman–Crippen MR) is 93.7 cm³/mol. The molecule has 0 saturated carbocycles. The average molecular weight is 330 g/mol. The Hall–Kier alpha value is -1.70. The third-order valence-corrected chi connectivity index (χ3v) is 4.12. The Morgan fingerprint density at radius 2 is 1.68 bits per heavy atom. The van der Waals surface area contributed by atoms with Crippen molar-refractivity contribution in [3.63, 3.8) is 0 Å². The fourth-order valence-corrected chi connectivity index (χ4v) is 2.95.